The van der Waals surface area contributed by atoms with Crippen molar-refractivity contribution in [3.63, 3.8) is 0 Å². The molecule has 0 saturated heterocycles. The summed E-state index contributed by atoms with van der Waals surface area (Å²) >= 11 is 0. The van der Waals surface area contributed by atoms with Gasteiger partial charge in [-0.1, -0.05) is 0 Å². The zero-order chi connectivity index (χ0) is 16.2. The zero-order valence-corrected chi connectivity index (χ0v) is 11.7. The van der Waals surface area contributed by atoms with Crippen LogP contribution in [0.15, 0.2) is 28.4 Å². The molecule has 0 spiro atoms. The summed E-state index contributed by atoms with van der Waals surface area (Å²) in [6.45, 7) is 0.318. The molecule has 1 heterocycles. The molecule has 114 valence electrons. The second-order valence-corrected chi connectivity index (χ2v) is 4.89. The molecule has 1 aromatic carbocycles. The van der Waals surface area contributed by atoms with E-state index in [0.29, 0.717) is 25.8 Å². The number of nitrogens with one attached hydrogen (secondary N) is 1. The standard InChI is InChI=1S/C15H14FN3O3/c1-2-3-6-15(18-19-15)7-8-17-13(20)10-4-5-11(14(21)22)12(16)9-10/h1,4-5,9H,3,6-8H2,(H,17,20)(H,21,22). The first kappa shape index (κ1) is 15.6. The molecule has 1 aliphatic rings. The second kappa shape index (κ2) is 6.35. The molecule has 0 radical (unpaired) electrons. The number of halogens is 1. The lowest BCUT2D eigenvalue weighted by Gasteiger charge is -2.10. The van der Waals surface area contributed by atoms with E-state index in [0.717, 1.165) is 12.1 Å². The number of hydrogen-bond acceptors (Lipinski definition) is 4. The summed E-state index contributed by atoms with van der Waals surface area (Å²) in [5.41, 5.74) is -0.900. The van der Waals surface area contributed by atoms with Crippen molar-refractivity contribution in [1.82, 2.24) is 5.32 Å². The van der Waals surface area contributed by atoms with Crippen molar-refractivity contribution in [2.24, 2.45) is 10.2 Å². The lowest BCUT2D eigenvalue weighted by Crippen LogP contribution is -2.28. The normalized spacial score (nSPS) is 14.2. The maximum Gasteiger partial charge on any atom is 0.338 e. The molecule has 0 aliphatic carbocycles. The van der Waals surface area contributed by atoms with E-state index in [1.165, 1.54) is 6.07 Å². The monoisotopic (exact) mass is 303 g/mol. The lowest BCUT2D eigenvalue weighted by atomic mass is 10.0. The van der Waals surface area contributed by atoms with Gasteiger partial charge in [0.15, 0.2) is 5.66 Å². The highest BCUT2D eigenvalue weighted by Crippen LogP contribution is 2.36. The molecular formula is C15H14FN3O3. The number of nitrogens with zero attached hydrogens (tertiary/aromatic N) is 2. The SMILES string of the molecule is C#CCCC1(CCNC(=O)c2ccc(C(=O)O)c(F)c2)N=N1. The fraction of sp³-hybridized carbons (Fsp3) is 0.333. The molecule has 1 amide bonds. The van der Waals surface area contributed by atoms with Crippen molar-refractivity contribution in [2.75, 3.05) is 6.54 Å². The number of rotatable bonds is 7. The Hall–Kier alpha value is -2.75. The number of carboxylic acid groups (broad SMARTS) is 1. The van der Waals surface area contributed by atoms with Crippen LogP contribution in [-0.4, -0.2) is 29.2 Å². The third kappa shape index (κ3) is 3.67. The number of benzene rings is 1. The summed E-state index contributed by atoms with van der Waals surface area (Å²) in [5, 5.41) is 19.2. The van der Waals surface area contributed by atoms with Crippen LogP contribution in [0.5, 0.6) is 0 Å². The Morgan fingerprint density at radius 1 is 1.36 bits per heavy atom. The molecule has 0 unspecified atom stereocenters. The van der Waals surface area contributed by atoms with Crippen molar-refractivity contribution < 1.29 is 19.1 Å². The number of hydrogen-bond donors (Lipinski definition) is 2. The largest absolute Gasteiger partial charge is 0.478 e. The lowest BCUT2D eigenvalue weighted by molar-refractivity contribution is 0.0691. The summed E-state index contributed by atoms with van der Waals surface area (Å²) < 4.78 is 13.5. The van der Waals surface area contributed by atoms with E-state index >= 15 is 0 Å². The molecule has 1 aromatic rings. The number of aromatic carboxylic acids is 1. The Morgan fingerprint density at radius 3 is 2.64 bits per heavy atom. The van der Waals surface area contributed by atoms with Crippen LogP contribution < -0.4 is 5.32 Å². The maximum atomic E-state index is 13.5. The van der Waals surface area contributed by atoms with Gasteiger partial charge in [0.25, 0.3) is 5.91 Å². The Labute approximate surface area is 126 Å². The summed E-state index contributed by atoms with van der Waals surface area (Å²) in [5.74, 6) is -0.295. The molecule has 0 atom stereocenters. The molecule has 1 aliphatic heterocycles. The van der Waals surface area contributed by atoms with Crippen molar-refractivity contribution in [1.29, 1.82) is 0 Å². The molecule has 7 heteroatoms. The van der Waals surface area contributed by atoms with E-state index < -0.39 is 28.9 Å². The van der Waals surface area contributed by atoms with Gasteiger partial charge in [-0.3, -0.25) is 4.79 Å². The first-order valence-electron chi connectivity index (χ1n) is 6.66. The van der Waals surface area contributed by atoms with E-state index in [2.05, 4.69) is 21.5 Å². The third-order valence-electron chi connectivity index (χ3n) is 3.33. The van der Waals surface area contributed by atoms with Crippen molar-refractivity contribution in [3.05, 3.63) is 35.1 Å². The molecule has 2 N–H and O–H groups in total. The third-order valence-corrected chi connectivity index (χ3v) is 3.33. The van der Waals surface area contributed by atoms with E-state index in [1.807, 2.05) is 0 Å². The molecule has 2 rings (SSSR count). The Morgan fingerprint density at radius 2 is 2.09 bits per heavy atom. The highest BCUT2D eigenvalue weighted by atomic mass is 19.1. The second-order valence-electron chi connectivity index (χ2n) is 4.89. The van der Waals surface area contributed by atoms with Gasteiger partial charge in [-0.2, -0.15) is 10.2 Å². The van der Waals surface area contributed by atoms with Crippen LogP contribution in [0.1, 0.15) is 40.0 Å². The van der Waals surface area contributed by atoms with Crippen LogP contribution >= 0.6 is 0 Å². The minimum absolute atomic E-state index is 0.0600. The fourth-order valence-electron chi connectivity index (χ4n) is 1.98. The Kier molecular flexibility index (Phi) is 4.51. The quantitative estimate of drug-likeness (QED) is 0.757. The zero-order valence-electron chi connectivity index (χ0n) is 11.7. The average Bonchev–Trinajstić information content (AvgIpc) is 3.25. The maximum absolute atomic E-state index is 13.5. The summed E-state index contributed by atoms with van der Waals surface area (Å²) in [6.07, 6.45) is 6.91. The minimum Gasteiger partial charge on any atom is -0.478 e. The Bertz CT molecular complexity index is 673. The van der Waals surface area contributed by atoms with E-state index in [-0.39, 0.29) is 5.56 Å². The first-order valence-corrected chi connectivity index (χ1v) is 6.66. The van der Waals surface area contributed by atoms with E-state index in [1.54, 1.807) is 0 Å². The topological polar surface area (TPSA) is 91.1 Å². The number of carboxylic acids is 1. The molecule has 0 fully saturated rings. The van der Waals surface area contributed by atoms with Crippen LogP contribution in [0.4, 0.5) is 4.39 Å². The van der Waals surface area contributed by atoms with Crippen LogP contribution in [0.25, 0.3) is 0 Å². The Balaban J connectivity index is 1.87. The van der Waals surface area contributed by atoms with Gasteiger partial charge in [0.05, 0.1) is 5.56 Å². The average molecular weight is 303 g/mol. The number of amides is 1. The van der Waals surface area contributed by atoms with Crippen molar-refractivity contribution in [2.45, 2.75) is 24.9 Å². The molecule has 22 heavy (non-hydrogen) atoms. The van der Waals surface area contributed by atoms with E-state index in [9.17, 15) is 14.0 Å². The van der Waals surface area contributed by atoms with Gasteiger partial charge in [0.1, 0.15) is 5.82 Å². The van der Waals surface area contributed by atoms with Crippen molar-refractivity contribution >= 4 is 11.9 Å². The number of terminal acetylenes is 1. The minimum atomic E-state index is -1.38. The van der Waals surface area contributed by atoms with Gasteiger partial charge in [-0.25, -0.2) is 9.18 Å². The summed E-state index contributed by atoms with van der Waals surface area (Å²) in [4.78, 5) is 22.6. The smallest absolute Gasteiger partial charge is 0.338 e. The van der Waals surface area contributed by atoms with Gasteiger partial charge in [-0.15, -0.1) is 12.3 Å². The van der Waals surface area contributed by atoms with Gasteiger partial charge < -0.3 is 10.4 Å². The van der Waals surface area contributed by atoms with Gasteiger partial charge in [0, 0.05) is 31.4 Å². The number of carbonyl (C=O) groups excluding carboxylic acids is 1. The first-order chi connectivity index (χ1) is 10.5. The molecular weight excluding hydrogens is 289 g/mol. The highest BCUT2D eigenvalue weighted by molar-refractivity contribution is 5.96. The number of carbonyl (C=O) groups is 2. The molecule has 0 aromatic heterocycles. The molecule has 0 saturated carbocycles. The predicted molar refractivity (Wildman–Crippen MR) is 76.0 cm³/mol. The highest BCUT2D eigenvalue weighted by Gasteiger charge is 2.38. The predicted octanol–water partition coefficient (Wildman–Crippen LogP) is 2.22. The molecule has 0 bridgehead atoms. The van der Waals surface area contributed by atoms with Crippen LogP contribution in [-0.2, 0) is 0 Å². The van der Waals surface area contributed by atoms with E-state index in [4.69, 9.17) is 11.5 Å². The van der Waals surface area contributed by atoms with Gasteiger partial charge >= 0.3 is 5.97 Å². The summed E-state index contributed by atoms with van der Waals surface area (Å²) in [7, 11) is 0. The van der Waals surface area contributed by atoms with Gasteiger partial charge in [0.2, 0.25) is 0 Å². The molecule has 6 nitrogen and oxygen atoms in total. The van der Waals surface area contributed by atoms with Crippen LogP contribution in [0.2, 0.25) is 0 Å². The van der Waals surface area contributed by atoms with Crippen LogP contribution in [0, 0.1) is 18.2 Å². The fourth-order valence-corrected chi connectivity index (χ4v) is 1.98. The summed E-state index contributed by atoms with van der Waals surface area (Å²) in [6, 6.07) is 3.23. The van der Waals surface area contributed by atoms with Crippen molar-refractivity contribution in [3.8, 4) is 12.3 Å². The van der Waals surface area contributed by atoms with Crippen LogP contribution in [0.3, 0.4) is 0 Å². The van der Waals surface area contributed by atoms with Gasteiger partial charge in [-0.05, 0) is 18.2 Å².